The van der Waals surface area contributed by atoms with Gasteiger partial charge in [0, 0.05) is 25.5 Å². The van der Waals surface area contributed by atoms with E-state index in [1.165, 1.54) is 0 Å². The lowest BCUT2D eigenvalue weighted by atomic mass is 9.96. The molecule has 1 aliphatic rings. The highest BCUT2D eigenvalue weighted by atomic mass is 16.4. The zero-order chi connectivity index (χ0) is 16.2. The predicted octanol–water partition coefficient (Wildman–Crippen LogP) is 1.80. The van der Waals surface area contributed by atoms with Gasteiger partial charge in [-0.15, -0.1) is 0 Å². The molecular weight excluding hydrogens is 294 g/mol. The number of hydrogen-bond acceptors (Lipinski definition) is 3. The molecule has 0 bridgehead atoms. The van der Waals surface area contributed by atoms with Gasteiger partial charge in [0.25, 0.3) is 5.91 Å². The van der Waals surface area contributed by atoms with E-state index in [9.17, 15) is 14.7 Å². The van der Waals surface area contributed by atoms with Gasteiger partial charge in [-0.25, -0.2) is 0 Å². The number of carbonyl (C=O) groups excluding carboxylic acids is 1. The van der Waals surface area contributed by atoms with Gasteiger partial charge in [0.2, 0.25) is 0 Å². The molecule has 1 aromatic carbocycles. The minimum atomic E-state index is -0.835. The molecular formula is C17H19N3O3. The largest absolute Gasteiger partial charge is 0.481 e. The van der Waals surface area contributed by atoms with Gasteiger partial charge in [-0.05, 0) is 24.5 Å². The van der Waals surface area contributed by atoms with E-state index in [0.717, 1.165) is 5.56 Å². The molecule has 1 aliphatic heterocycles. The van der Waals surface area contributed by atoms with E-state index in [0.29, 0.717) is 19.4 Å². The topological polar surface area (TPSA) is 75.4 Å². The zero-order valence-electron chi connectivity index (χ0n) is 12.7. The maximum absolute atomic E-state index is 13.0. The molecule has 23 heavy (non-hydrogen) atoms. The molecule has 0 spiro atoms. The number of aliphatic carboxylic acids is 1. The van der Waals surface area contributed by atoms with Crippen molar-refractivity contribution in [2.45, 2.75) is 18.9 Å². The first-order valence-corrected chi connectivity index (χ1v) is 7.72. The molecule has 1 aromatic heterocycles. The summed E-state index contributed by atoms with van der Waals surface area (Å²) in [6, 6.07) is 10.7. The third-order valence-corrected chi connectivity index (χ3v) is 4.22. The second kappa shape index (κ2) is 6.64. The minimum absolute atomic E-state index is 0.106. The summed E-state index contributed by atoms with van der Waals surface area (Å²) in [5.74, 6) is -1.43. The summed E-state index contributed by atoms with van der Waals surface area (Å²) in [5.41, 5.74) is 0.846. The average Bonchev–Trinajstić information content (AvgIpc) is 3.10. The second-order valence-electron chi connectivity index (χ2n) is 5.76. The first-order valence-electron chi connectivity index (χ1n) is 7.72. The molecule has 0 radical (unpaired) electrons. The fourth-order valence-electron chi connectivity index (χ4n) is 3.03. The van der Waals surface area contributed by atoms with Gasteiger partial charge < -0.3 is 10.0 Å². The molecule has 1 fully saturated rings. The van der Waals surface area contributed by atoms with Crippen LogP contribution in [0, 0.1) is 5.92 Å². The monoisotopic (exact) mass is 313 g/mol. The Morgan fingerprint density at radius 3 is 2.65 bits per heavy atom. The third-order valence-electron chi connectivity index (χ3n) is 4.22. The van der Waals surface area contributed by atoms with E-state index in [-0.39, 0.29) is 12.5 Å². The first-order chi connectivity index (χ1) is 11.2. The Bertz CT molecular complexity index is 670. The predicted molar refractivity (Wildman–Crippen MR) is 83.7 cm³/mol. The van der Waals surface area contributed by atoms with E-state index in [1.54, 1.807) is 28.0 Å². The SMILES string of the molecule is O=C(O)[C@H]1CCCN(C(=O)C(c2ccccc2)n2cccn2)C1. The number of carboxylic acid groups (broad SMARTS) is 1. The van der Waals surface area contributed by atoms with Crippen LogP contribution < -0.4 is 0 Å². The van der Waals surface area contributed by atoms with Crippen LogP contribution >= 0.6 is 0 Å². The van der Waals surface area contributed by atoms with Gasteiger partial charge in [0.1, 0.15) is 0 Å². The van der Waals surface area contributed by atoms with Crippen molar-refractivity contribution in [1.29, 1.82) is 0 Å². The molecule has 120 valence electrons. The van der Waals surface area contributed by atoms with Crippen LogP contribution in [-0.2, 0) is 9.59 Å². The number of nitrogens with zero attached hydrogens (tertiary/aromatic N) is 3. The normalized spacial score (nSPS) is 19.3. The smallest absolute Gasteiger partial charge is 0.308 e. The van der Waals surface area contributed by atoms with Gasteiger partial charge >= 0.3 is 5.97 Å². The number of likely N-dealkylation sites (tertiary alicyclic amines) is 1. The van der Waals surface area contributed by atoms with Gasteiger partial charge in [0.05, 0.1) is 5.92 Å². The van der Waals surface area contributed by atoms with Gasteiger partial charge in [-0.2, -0.15) is 5.10 Å². The van der Waals surface area contributed by atoms with Crippen LogP contribution in [0.2, 0.25) is 0 Å². The molecule has 6 nitrogen and oxygen atoms in total. The van der Waals surface area contributed by atoms with E-state index in [4.69, 9.17) is 0 Å². The molecule has 6 heteroatoms. The van der Waals surface area contributed by atoms with Crippen LogP contribution in [0.15, 0.2) is 48.8 Å². The molecule has 2 aromatic rings. The quantitative estimate of drug-likeness (QED) is 0.934. The fraction of sp³-hybridized carbons (Fsp3) is 0.353. The number of amides is 1. The molecule has 2 heterocycles. The summed E-state index contributed by atoms with van der Waals surface area (Å²) in [4.78, 5) is 25.9. The van der Waals surface area contributed by atoms with Crippen LogP contribution in [0.3, 0.4) is 0 Å². The molecule has 1 saturated heterocycles. The fourth-order valence-corrected chi connectivity index (χ4v) is 3.03. The van der Waals surface area contributed by atoms with Crippen LogP contribution in [0.1, 0.15) is 24.4 Å². The van der Waals surface area contributed by atoms with Crippen molar-refractivity contribution in [3.05, 3.63) is 54.4 Å². The Hall–Kier alpha value is -2.63. The number of carboxylic acids is 1. The number of aromatic nitrogens is 2. The van der Waals surface area contributed by atoms with Crippen molar-refractivity contribution in [1.82, 2.24) is 14.7 Å². The summed E-state index contributed by atoms with van der Waals surface area (Å²) in [5, 5.41) is 13.4. The van der Waals surface area contributed by atoms with Crippen LogP contribution in [0.5, 0.6) is 0 Å². The van der Waals surface area contributed by atoms with Gasteiger partial charge in [-0.3, -0.25) is 14.3 Å². The molecule has 1 unspecified atom stereocenters. The lowest BCUT2D eigenvalue weighted by Crippen LogP contribution is -2.45. The maximum Gasteiger partial charge on any atom is 0.308 e. The average molecular weight is 313 g/mol. The number of benzene rings is 1. The molecule has 0 aliphatic carbocycles. The van der Waals surface area contributed by atoms with Crippen molar-refractivity contribution in [3.63, 3.8) is 0 Å². The van der Waals surface area contributed by atoms with Crippen LogP contribution in [0.4, 0.5) is 0 Å². The molecule has 2 atom stereocenters. The molecule has 3 rings (SSSR count). The highest BCUT2D eigenvalue weighted by molar-refractivity contribution is 5.84. The van der Waals surface area contributed by atoms with E-state index >= 15 is 0 Å². The van der Waals surface area contributed by atoms with Gasteiger partial charge in [0.15, 0.2) is 6.04 Å². The Labute approximate surface area is 134 Å². The number of hydrogen-bond donors (Lipinski definition) is 1. The second-order valence-corrected chi connectivity index (χ2v) is 5.76. The highest BCUT2D eigenvalue weighted by Crippen LogP contribution is 2.24. The first kappa shape index (κ1) is 15.3. The van der Waals surface area contributed by atoms with Crippen molar-refractivity contribution in [2.75, 3.05) is 13.1 Å². The van der Waals surface area contributed by atoms with Gasteiger partial charge in [-0.1, -0.05) is 30.3 Å². The van der Waals surface area contributed by atoms with Crippen molar-refractivity contribution >= 4 is 11.9 Å². The Balaban J connectivity index is 1.88. The highest BCUT2D eigenvalue weighted by Gasteiger charge is 2.33. The van der Waals surface area contributed by atoms with Crippen LogP contribution in [-0.4, -0.2) is 44.8 Å². The van der Waals surface area contributed by atoms with Crippen molar-refractivity contribution < 1.29 is 14.7 Å². The lowest BCUT2D eigenvalue weighted by Gasteiger charge is -2.33. The number of rotatable bonds is 4. The Kier molecular flexibility index (Phi) is 4.41. The summed E-state index contributed by atoms with van der Waals surface area (Å²) < 4.78 is 1.63. The maximum atomic E-state index is 13.0. The van der Waals surface area contributed by atoms with E-state index < -0.39 is 17.9 Å². The van der Waals surface area contributed by atoms with Crippen LogP contribution in [0.25, 0.3) is 0 Å². The summed E-state index contributed by atoms with van der Waals surface area (Å²) >= 11 is 0. The summed E-state index contributed by atoms with van der Waals surface area (Å²) in [7, 11) is 0. The Morgan fingerprint density at radius 2 is 2.00 bits per heavy atom. The zero-order valence-corrected chi connectivity index (χ0v) is 12.7. The van der Waals surface area contributed by atoms with Crippen molar-refractivity contribution in [3.8, 4) is 0 Å². The third kappa shape index (κ3) is 3.26. The van der Waals surface area contributed by atoms with Crippen molar-refractivity contribution in [2.24, 2.45) is 5.92 Å². The molecule has 0 saturated carbocycles. The number of carbonyl (C=O) groups is 2. The summed E-state index contributed by atoms with van der Waals surface area (Å²) in [6.07, 6.45) is 4.73. The Morgan fingerprint density at radius 1 is 1.22 bits per heavy atom. The molecule has 1 N–H and O–H groups in total. The minimum Gasteiger partial charge on any atom is -0.481 e. The summed E-state index contributed by atoms with van der Waals surface area (Å²) in [6.45, 7) is 0.853. The van der Waals surface area contributed by atoms with E-state index in [1.807, 2.05) is 30.3 Å². The lowest BCUT2D eigenvalue weighted by molar-refractivity contribution is -0.146. The molecule has 1 amide bonds. The number of piperidine rings is 1. The standard InChI is InChI=1S/C17H19N3O3/c21-16(19-10-4-8-14(12-19)17(22)23)15(20-11-5-9-18-20)13-6-2-1-3-7-13/h1-3,5-7,9,11,14-15H,4,8,10,12H2,(H,22,23)/t14-,15?/m0/s1. The van der Waals surface area contributed by atoms with E-state index in [2.05, 4.69) is 5.10 Å².